The monoisotopic (exact) mass is 388 g/mol. The Bertz CT molecular complexity index is 832. The lowest BCUT2D eigenvalue weighted by molar-refractivity contribution is -0.131. The molecule has 1 amide bonds. The molecular formula is C21H25ClN2O3. The van der Waals surface area contributed by atoms with Crippen molar-refractivity contribution in [1.82, 2.24) is 10.3 Å². The maximum absolute atomic E-state index is 12.9. The summed E-state index contributed by atoms with van der Waals surface area (Å²) in [6.07, 6.45) is 1.26. The van der Waals surface area contributed by atoms with Crippen molar-refractivity contribution in [3.8, 4) is 17.0 Å². The molecule has 1 heterocycles. The second kappa shape index (κ2) is 9.00. The van der Waals surface area contributed by atoms with E-state index >= 15 is 0 Å². The fraction of sp³-hybridized carbons (Fsp3) is 0.381. The lowest BCUT2D eigenvalue weighted by atomic mass is 9.76. The number of rotatable bonds is 8. The first-order valence-corrected chi connectivity index (χ1v) is 9.35. The topological polar surface area (TPSA) is 68.3 Å². The van der Waals surface area contributed by atoms with Crippen LogP contribution in [0.4, 0.5) is 0 Å². The van der Waals surface area contributed by atoms with Crippen LogP contribution in [0, 0.1) is 5.41 Å². The van der Waals surface area contributed by atoms with Crippen LogP contribution >= 0.6 is 11.6 Å². The number of ketones is 1. The molecule has 1 aromatic carbocycles. The molecule has 1 aromatic heterocycles. The summed E-state index contributed by atoms with van der Waals surface area (Å²) in [7, 11) is 3.15. The van der Waals surface area contributed by atoms with Crippen LogP contribution in [0.1, 0.15) is 43.6 Å². The summed E-state index contributed by atoms with van der Waals surface area (Å²) >= 11 is 6.09. The highest BCUT2D eigenvalue weighted by Crippen LogP contribution is 2.34. The summed E-state index contributed by atoms with van der Waals surface area (Å²) in [5.41, 5.74) is 0.881. The van der Waals surface area contributed by atoms with Gasteiger partial charge in [-0.15, -0.1) is 0 Å². The fourth-order valence-corrected chi connectivity index (χ4v) is 3.36. The zero-order valence-corrected chi connectivity index (χ0v) is 16.9. The lowest BCUT2D eigenvalue weighted by Crippen LogP contribution is -2.40. The van der Waals surface area contributed by atoms with Gasteiger partial charge in [-0.2, -0.15) is 0 Å². The zero-order chi connectivity index (χ0) is 20.0. The van der Waals surface area contributed by atoms with Crippen LogP contribution in [-0.4, -0.2) is 30.8 Å². The molecule has 0 saturated heterocycles. The minimum Gasteiger partial charge on any atom is -0.494 e. The molecule has 0 atom stereocenters. The molecule has 0 aliphatic heterocycles. The van der Waals surface area contributed by atoms with E-state index < -0.39 is 5.41 Å². The Morgan fingerprint density at radius 2 is 1.89 bits per heavy atom. The molecule has 5 nitrogen and oxygen atoms in total. The molecule has 2 aromatic rings. The molecule has 0 unspecified atom stereocenters. The highest BCUT2D eigenvalue weighted by molar-refractivity contribution is 6.30. The summed E-state index contributed by atoms with van der Waals surface area (Å²) in [5, 5.41) is 3.25. The van der Waals surface area contributed by atoms with E-state index in [1.54, 1.807) is 38.4 Å². The number of carbonyl (C=O) groups excluding carboxylic acids is 2. The quantitative estimate of drug-likeness (QED) is 0.674. The Morgan fingerprint density at radius 1 is 1.19 bits per heavy atom. The van der Waals surface area contributed by atoms with E-state index in [0.29, 0.717) is 35.0 Å². The average molecular weight is 389 g/mol. The predicted molar refractivity (Wildman–Crippen MR) is 107 cm³/mol. The standard InChI is InChI=1S/C21H25ClN2O3/c1-5-21(6-2,20(26)23-3)13-17(25)16-10-11-18(27-4)19(24-16)14-8-7-9-15(22)12-14/h7-12H,5-6,13H2,1-4H3,(H,23,26). The van der Waals surface area contributed by atoms with E-state index in [9.17, 15) is 9.59 Å². The minimum atomic E-state index is -0.732. The molecule has 0 saturated carbocycles. The number of carbonyl (C=O) groups is 2. The number of hydrogen-bond acceptors (Lipinski definition) is 4. The van der Waals surface area contributed by atoms with Crippen LogP contribution in [0.25, 0.3) is 11.3 Å². The molecular weight excluding hydrogens is 364 g/mol. The van der Waals surface area contributed by atoms with Gasteiger partial charge in [0.15, 0.2) is 5.78 Å². The molecule has 0 bridgehead atoms. The first kappa shape index (κ1) is 20.9. The van der Waals surface area contributed by atoms with Gasteiger partial charge in [0, 0.05) is 24.1 Å². The number of halogens is 1. The maximum atomic E-state index is 12.9. The number of hydrogen-bond donors (Lipinski definition) is 1. The SMILES string of the molecule is CCC(CC)(CC(=O)c1ccc(OC)c(-c2cccc(Cl)c2)n1)C(=O)NC. The van der Waals surface area contributed by atoms with Crippen molar-refractivity contribution in [1.29, 1.82) is 0 Å². The number of pyridine rings is 1. The normalized spacial score (nSPS) is 11.1. The van der Waals surface area contributed by atoms with E-state index in [2.05, 4.69) is 10.3 Å². The third kappa shape index (κ3) is 4.48. The molecule has 27 heavy (non-hydrogen) atoms. The van der Waals surface area contributed by atoms with E-state index in [4.69, 9.17) is 16.3 Å². The number of aromatic nitrogens is 1. The van der Waals surface area contributed by atoms with Gasteiger partial charge in [-0.3, -0.25) is 9.59 Å². The third-order valence-electron chi connectivity index (χ3n) is 5.02. The predicted octanol–water partition coefficient (Wildman–Crippen LogP) is 4.54. The Hall–Kier alpha value is -2.40. The molecule has 0 fully saturated rings. The molecule has 0 spiro atoms. The van der Waals surface area contributed by atoms with Crippen molar-refractivity contribution in [3.05, 3.63) is 47.1 Å². The van der Waals surface area contributed by atoms with Crippen molar-refractivity contribution in [2.24, 2.45) is 5.41 Å². The Labute approximate surface area is 165 Å². The Kier molecular flexibility index (Phi) is 6.97. The van der Waals surface area contributed by atoms with Crippen molar-refractivity contribution in [3.63, 3.8) is 0 Å². The van der Waals surface area contributed by atoms with Crippen molar-refractivity contribution >= 4 is 23.3 Å². The number of nitrogens with zero attached hydrogens (tertiary/aromatic N) is 1. The fourth-order valence-electron chi connectivity index (χ4n) is 3.17. The van der Waals surface area contributed by atoms with Crippen molar-refractivity contribution in [2.45, 2.75) is 33.1 Å². The largest absolute Gasteiger partial charge is 0.494 e. The van der Waals surface area contributed by atoms with Gasteiger partial charge in [-0.05, 0) is 37.1 Å². The Morgan fingerprint density at radius 3 is 2.44 bits per heavy atom. The van der Waals surface area contributed by atoms with Gasteiger partial charge in [0.1, 0.15) is 17.1 Å². The van der Waals surface area contributed by atoms with Crippen LogP contribution in [0.15, 0.2) is 36.4 Å². The molecule has 0 aliphatic rings. The second-order valence-electron chi connectivity index (χ2n) is 6.42. The summed E-state index contributed by atoms with van der Waals surface area (Å²) in [6.45, 7) is 3.84. The van der Waals surface area contributed by atoms with Crippen molar-refractivity contribution in [2.75, 3.05) is 14.2 Å². The van der Waals surface area contributed by atoms with Gasteiger partial charge in [0.25, 0.3) is 0 Å². The summed E-state index contributed by atoms with van der Waals surface area (Å²) in [6, 6.07) is 10.6. The number of amides is 1. The molecule has 144 valence electrons. The molecule has 0 aliphatic carbocycles. The first-order chi connectivity index (χ1) is 12.9. The number of nitrogens with one attached hydrogen (secondary N) is 1. The number of benzene rings is 1. The average Bonchev–Trinajstić information content (AvgIpc) is 2.70. The first-order valence-electron chi connectivity index (χ1n) is 8.97. The van der Waals surface area contributed by atoms with Crippen molar-refractivity contribution < 1.29 is 14.3 Å². The van der Waals surface area contributed by atoms with Crippen LogP contribution in [0.5, 0.6) is 5.75 Å². The van der Waals surface area contributed by atoms with Crippen LogP contribution in [0.3, 0.4) is 0 Å². The Balaban J connectivity index is 2.43. The maximum Gasteiger partial charge on any atom is 0.226 e. The highest BCUT2D eigenvalue weighted by atomic mass is 35.5. The lowest BCUT2D eigenvalue weighted by Gasteiger charge is -2.28. The number of methoxy groups -OCH3 is 1. The van der Waals surface area contributed by atoms with Crippen LogP contribution in [0.2, 0.25) is 5.02 Å². The van der Waals surface area contributed by atoms with E-state index in [1.165, 1.54) is 0 Å². The molecule has 1 N–H and O–H groups in total. The zero-order valence-electron chi connectivity index (χ0n) is 16.1. The van der Waals surface area contributed by atoms with Gasteiger partial charge in [0.05, 0.1) is 12.5 Å². The third-order valence-corrected chi connectivity index (χ3v) is 5.26. The van der Waals surface area contributed by atoms with Crippen LogP contribution < -0.4 is 10.1 Å². The summed E-state index contributed by atoms with van der Waals surface area (Å²) in [4.78, 5) is 29.8. The van der Waals surface area contributed by atoms with Gasteiger partial charge < -0.3 is 10.1 Å². The molecule has 2 rings (SSSR count). The highest BCUT2D eigenvalue weighted by Gasteiger charge is 2.37. The van der Waals surface area contributed by atoms with Gasteiger partial charge >= 0.3 is 0 Å². The van der Waals surface area contributed by atoms with Gasteiger partial charge in [-0.25, -0.2) is 4.98 Å². The van der Waals surface area contributed by atoms with Crippen LogP contribution in [-0.2, 0) is 4.79 Å². The van der Waals surface area contributed by atoms with E-state index in [0.717, 1.165) is 5.56 Å². The molecule has 6 heteroatoms. The van der Waals surface area contributed by atoms with E-state index in [-0.39, 0.29) is 18.1 Å². The van der Waals surface area contributed by atoms with Gasteiger partial charge in [0.2, 0.25) is 5.91 Å². The number of Topliss-reactive ketones (excluding diaryl/α,β-unsaturated/α-hetero) is 1. The van der Waals surface area contributed by atoms with E-state index in [1.807, 2.05) is 26.0 Å². The smallest absolute Gasteiger partial charge is 0.226 e. The summed E-state index contributed by atoms with van der Waals surface area (Å²) < 4.78 is 5.39. The number of ether oxygens (including phenoxy) is 1. The summed E-state index contributed by atoms with van der Waals surface area (Å²) in [5.74, 6) is 0.259. The second-order valence-corrected chi connectivity index (χ2v) is 6.86. The van der Waals surface area contributed by atoms with Gasteiger partial charge in [-0.1, -0.05) is 37.6 Å². The minimum absolute atomic E-state index is 0.105. The molecule has 0 radical (unpaired) electrons.